The van der Waals surface area contributed by atoms with Crippen molar-refractivity contribution in [2.75, 3.05) is 20.3 Å². The monoisotopic (exact) mass is 338 g/mol. The highest BCUT2D eigenvalue weighted by Crippen LogP contribution is 2.17. The second-order valence-corrected chi connectivity index (χ2v) is 4.79. The van der Waals surface area contributed by atoms with Crippen LogP contribution in [0, 0.1) is 12.3 Å². The van der Waals surface area contributed by atoms with Crippen molar-refractivity contribution in [2.24, 2.45) is 5.10 Å². The summed E-state index contributed by atoms with van der Waals surface area (Å²) >= 11 is 0. The van der Waals surface area contributed by atoms with Crippen LogP contribution in [0.1, 0.15) is 5.56 Å². The SMILES string of the molecule is C#CCOc1ccccc1/C=N/NC(=O)COc1ccc(OC)cc1. The van der Waals surface area contributed by atoms with Crippen LogP contribution in [0.5, 0.6) is 17.2 Å². The van der Waals surface area contributed by atoms with Crippen LogP contribution in [0.25, 0.3) is 0 Å². The molecule has 0 fully saturated rings. The van der Waals surface area contributed by atoms with Gasteiger partial charge in [-0.15, -0.1) is 6.42 Å². The van der Waals surface area contributed by atoms with Crippen LogP contribution >= 0.6 is 0 Å². The molecule has 0 aliphatic rings. The van der Waals surface area contributed by atoms with Gasteiger partial charge in [0, 0.05) is 5.56 Å². The maximum Gasteiger partial charge on any atom is 0.277 e. The fourth-order valence-electron chi connectivity index (χ4n) is 1.86. The Hall–Kier alpha value is -3.46. The predicted octanol–water partition coefficient (Wildman–Crippen LogP) is 2.24. The van der Waals surface area contributed by atoms with Gasteiger partial charge in [-0.05, 0) is 36.4 Å². The van der Waals surface area contributed by atoms with Crippen LogP contribution in [0.3, 0.4) is 0 Å². The van der Waals surface area contributed by atoms with E-state index in [0.29, 0.717) is 22.8 Å². The normalized spacial score (nSPS) is 10.1. The van der Waals surface area contributed by atoms with Crippen molar-refractivity contribution in [1.29, 1.82) is 0 Å². The number of hydrogen-bond donors (Lipinski definition) is 1. The highest BCUT2D eigenvalue weighted by molar-refractivity contribution is 5.85. The highest BCUT2D eigenvalue weighted by Gasteiger charge is 2.03. The molecule has 6 nitrogen and oxygen atoms in total. The summed E-state index contributed by atoms with van der Waals surface area (Å²) in [5.41, 5.74) is 3.10. The van der Waals surface area contributed by atoms with Gasteiger partial charge in [0.15, 0.2) is 6.61 Å². The highest BCUT2D eigenvalue weighted by atomic mass is 16.5. The zero-order valence-electron chi connectivity index (χ0n) is 13.8. The number of amides is 1. The van der Waals surface area contributed by atoms with Gasteiger partial charge >= 0.3 is 0 Å². The molecule has 0 atom stereocenters. The molecule has 2 rings (SSSR count). The predicted molar refractivity (Wildman–Crippen MR) is 95.0 cm³/mol. The fraction of sp³-hybridized carbons (Fsp3) is 0.158. The van der Waals surface area contributed by atoms with Crippen LogP contribution in [0.4, 0.5) is 0 Å². The van der Waals surface area contributed by atoms with Gasteiger partial charge in [-0.25, -0.2) is 5.43 Å². The number of nitrogens with one attached hydrogen (secondary N) is 1. The van der Waals surface area contributed by atoms with Crippen molar-refractivity contribution in [3.05, 3.63) is 54.1 Å². The minimum Gasteiger partial charge on any atom is -0.497 e. The first kappa shape index (κ1) is 17.9. The largest absolute Gasteiger partial charge is 0.497 e. The number of hydrazone groups is 1. The molecule has 1 amide bonds. The first-order chi connectivity index (χ1) is 12.2. The van der Waals surface area contributed by atoms with Gasteiger partial charge in [0.2, 0.25) is 0 Å². The van der Waals surface area contributed by atoms with Crippen molar-refractivity contribution in [2.45, 2.75) is 0 Å². The van der Waals surface area contributed by atoms with Crippen molar-refractivity contribution >= 4 is 12.1 Å². The number of hydrogen-bond acceptors (Lipinski definition) is 5. The Labute approximate surface area is 146 Å². The summed E-state index contributed by atoms with van der Waals surface area (Å²) in [5.74, 6) is 3.88. The smallest absolute Gasteiger partial charge is 0.277 e. The number of methoxy groups -OCH3 is 1. The van der Waals surface area contributed by atoms with Crippen LogP contribution in [0.15, 0.2) is 53.6 Å². The van der Waals surface area contributed by atoms with E-state index in [1.165, 1.54) is 6.21 Å². The van der Waals surface area contributed by atoms with Gasteiger partial charge in [-0.3, -0.25) is 4.79 Å². The molecule has 0 radical (unpaired) electrons. The Bertz CT molecular complexity index is 764. The molecule has 0 saturated heterocycles. The molecule has 0 saturated carbocycles. The van der Waals surface area contributed by atoms with Gasteiger partial charge in [0.1, 0.15) is 23.9 Å². The van der Waals surface area contributed by atoms with E-state index in [1.54, 1.807) is 43.5 Å². The quantitative estimate of drug-likeness (QED) is 0.455. The summed E-state index contributed by atoms with van der Waals surface area (Å²) < 4.78 is 15.8. The number of carbonyl (C=O) groups is 1. The fourth-order valence-corrected chi connectivity index (χ4v) is 1.86. The Kier molecular flexibility index (Phi) is 6.89. The molecule has 25 heavy (non-hydrogen) atoms. The third-order valence-electron chi connectivity index (χ3n) is 3.05. The average molecular weight is 338 g/mol. The van der Waals surface area contributed by atoms with E-state index in [1.807, 2.05) is 12.1 Å². The Morgan fingerprint density at radius 1 is 1.16 bits per heavy atom. The summed E-state index contributed by atoms with van der Waals surface area (Å²) in [6, 6.07) is 14.2. The van der Waals surface area contributed by atoms with E-state index in [9.17, 15) is 4.79 Å². The van der Waals surface area contributed by atoms with E-state index in [4.69, 9.17) is 20.6 Å². The lowest BCUT2D eigenvalue weighted by atomic mass is 10.2. The minimum atomic E-state index is -0.380. The molecule has 0 heterocycles. The van der Waals surface area contributed by atoms with Crippen LogP contribution in [-0.4, -0.2) is 32.4 Å². The van der Waals surface area contributed by atoms with E-state index in [0.717, 1.165) is 0 Å². The lowest BCUT2D eigenvalue weighted by Crippen LogP contribution is -2.24. The number of benzene rings is 2. The molecule has 0 spiro atoms. The second kappa shape index (κ2) is 9.63. The van der Waals surface area contributed by atoms with Crippen molar-refractivity contribution in [1.82, 2.24) is 5.43 Å². The molecular formula is C19H18N2O4. The number of ether oxygens (including phenoxy) is 3. The van der Waals surface area contributed by atoms with Crippen molar-refractivity contribution < 1.29 is 19.0 Å². The zero-order valence-corrected chi connectivity index (χ0v) is 13.8. The lowest BCUT2D eigenvalue weighted by molar-refractivity contribution is -0.123. The second-order valence-electron chi connectivity index (χ2n) is 4.79. The van der Waals surface area contributed by atoms with Crippen molar-refractivity contribution in [3.8, 4) is 29.6 Å². The summed E-state index contributed by atoms with van der Waals surface area (Å²) in [6.07, 6.45) is 6.66. The van der Waals surface area contributed by atoms with Gasteiger partial charge in [-0.2, -0.15) is 5.10 Å². The van der Waals surface area contributed by atoms with Gasteiger partial charge < -0.3 is 14.2 Å². The van der Waals surface area contributed by atoms with Crippen LogP contribution in [0.2, 0.25) is 0 Å². The zero-order chi connectivity index (χ0) is 17.9. The molecule has 0 unspecified atom stereocenters. The molecule has 0 aliphatic carbocycles. The molecular weight excluding hydrogens is 320 g/mol. The first-order valence-electron chi connectivity index (χ1n) is 7.47. The van der Waals surface area contributed by atoms with Gasteiger partial charge in [-0.1, -0.05) is 18.1 Å². The molecule has 2 aromatic carbocycles. The average Bonchev–Trinajstić information content (AvgIpc) is 2.66. The number of carbonyl (C=O) groups excluding carboxylic acids is 1. The molecule has 0 aromatic heterocycles. The topological polar surface area (TPSA) is 69.2 Å². The number of rotatable bonds is 8. The first-order valence-corrected chi connectivity index (χ1v) is 7.47. The van der Waals surface area contributed by atoms with E-state index in [-0.39, 0.29) is 19.1 Å². The molecule has 2 aromatic rings. The third kappa shape index (κ3) is 5.92. The summed E-state index contributed by atoms with van der Waals surface area (Å²) in [6.45, 7) is 0.00578. The van der Waals surface area contributed by atoms with E-state index >= 15 is 0 Å². The minimum absolute atomic E-state index is 0.154. The Balaban J connectivity index is 1.83. The Morgan fingerprint density at radius 3 is 2.60 bits per heavy atom. The summed E-state index contributed by atoms with van der Waals surface area (Å²) in [4.78, 5) is 11.8. The van der Waals surface area contributed by atoms with E-state index in [2.05, 4.69) is 16.4 Å². The molecule has 0 aliphatic heterocycles. The van der Waals surface area contributed by atoms with Crippen LogP contribution < -0.4 is 19.6 Å². The Morgan fingerprint density at radius 2 is 1.88 bits per heavy atom. The maximum absolute atomic E-state index is 11.8. The third-order valence-corrected chi connectivity index (χ3v) is 3.05. The van der Waals surface area contributed by atoms with Gasteiger partial charge in [0.25, 0.3) is 5.91 Å². The number of terminal acetylenes is 1. The summed E-state index contributed by atoms with van der Waals surface area (Å²) in [5, 5.41) is 3.89. The molecule has 128 valence electrons. The number of para-hydroxylation sites is 1. The van der Waals surface area contributed by atoms with Crippen LogP contribution in [-0.2, 0) is 4.79 Å². The van der Waals surface area contributed by atoms with Gasteiger partial charge in [0.05, 0.1) is 13.3 Å². The van der Waals surface area contributed by atoms with Crippen molar-refractivity contribution in [3.63, 3.8) is 0 Å². The standard InChI is InChI=1S/C19H18N2O4/c1-3-12-24-18-7-5-4-6-15(18)13-20-21-19(22)14-25-17-10-8-16(23-2)9-11-17/h1,4-11,13H,12,14H2,2H3,(H,21,22)/b20-13+. The lowest BCUT2D eigenvalue weighted by Gasteiger charge is -2.06. The maximum atomic E-state index is 11.8. The molecule has 6 heteroatoms. The molecule has 0 bridgehead atoms. The summed E-state index contributed by atoms with van der Waals surface area (Å²) in [7, 11) is 1.58. The van der Waals surface area contributed by atoms with E-state index < -0.39 is 0 Å². The molecule has 1 N–H and O–H groups in total. The number of nitrogens with zero attached hydrogens (tertiary/aromatic N) is 1.